The van der Waals surface area contributed by atoms with Gasteiger partial charge in [0.2, 0.25) is 0 Å². The van der Waals surface area contributed by atoms with Gasteiger partial charge in [-0.3, -0.25) is 14.2 Å². The van der Waals surface area contributed by atoms with Gasteiger partial charge in [-0.1, -0.05) is 32.9 Å². The van der Waals surface area contributed by atoms with Crippen LogP contribution in [0.25, 0.3) is 10.9 Å². The first kappa shape index (κ1) is 16.9. The van der Waals surface area contributed by atoms with Crippen molar-refractivity contribution in [3.8, 4) is 0 Å². The fourth-order valence-electron chi connectivity index (χ4n) is 4.64. The molecule has 2 aliphatic carbocycles. The number of aromatic nitrogens is 2. The van der Waals surface area contributed by atoms with Crippen molar-refractivity contribution in [1.29, 1.82) is 0 Å². The fourth-order valence-corrected chi connectivity index (χ4v) is 4.64. The van der Waals surface area contributed by atoms with E-state index in [0.717, 1.165) is 18.6 Å². The molecule has 0 radical (unpaired) electrons. The molecule has 1 N–H and O–H groups in total. The maximum Gasteiger partial charge on any atom is 0.261 e. The summed E-state index contributed by atoms with van der Waals surface area (Å²) in [6.07, 6.45) is 4.71. The SMILES string of the molecule is CC1(C)[C@H]2CC[C@@]1(C)/C(=N/NC(=O)Cn1cnc3ccccc3c1=O)C2. The van der Waals surface area contributed by atoms with Crippen LogP contribution in [-0.2, 0) is 11.3 Å². The molecule has 136 valence electrons. The van der Waals surface area contributed by atoms with Crippen molar-refractivity contribution in [3.63, 3.8) is 0 Å². The Morgan fingerprint density at radius 1 is 1.35 bits per heavy atom. The molecular formula is C20H24N4O2. The van der Waals surface area contributed by atoms with Crippen LogP contribution >= 0.6 is 0 Å². The average Bonchev–Trinajstić information content (AvgIpc) is 2.96. The Hall–Kier alpha value is -2.50. The number of carbonyl (C=O) groups is 1. The lowest BCUT2D eigenvalue weighted by Crippen LogP contribution is -2.35. The monoisotopic (exact) mass is 352 g/mol. The van der Waals surface area contributed by atoms with E-state index < -0.39 is 0 Å². The van der Waals surface area contributed by atoms with Gasteiger partial charge in [0.25, 0.3) is 11.5 Å². The van der Waals surface area contributed by atoms with Crippen molar-refractivity contribution < 1.29 is 4.79 Å². The molecule has 26 heavy (non-hydrogen) atoms. The maximum atomic E-state index is 12.5. The number of hydrogen-bond donors (Lipinski definition) is 1. The summed E-state index contributed by atoms with van der Waals surface area (Å²) >= 11 is 0. The Morgan fingerprint density at radius 2 is 2.12 bits per heavy atom. The lowest BCUT2D eigenvalue weighted by Gasteiger charge is -2.34. The van der Waals surface area contributed by atoms with Crippen molar-refractivity contribution in [2.24, 2.45) is 21.8 Å². The van der Waals surface area contributed by atoms with Crippen molar-refractivity contribution in [2.45, 2.75) is 46.6 Å². The van der Waals surface area contributed by atoms with Crippen LogP contribution in [0.4, 0.5) is 0 Å². The zero-order chi connectivity index (χ0) is 18.5. The zero-order valence-electron chi connectivity index (χ0n) is 15.5. The quantitative estimate of drug-likeness (QED) is 0.863. The van der Waals surface area contributed by atoms with Crippen LogP contribution in [0.5, 0.6) is 0 Å². The highest BCUT2D eigenvalue weighted by Gasteiger charge is 2.59. The first-order valence-electron chi connectivity index (χ1n) is 9.13. The number of hydrogen-bond acceptors (Lipinski definition) is 4. The third-order valence-corrected chi connectivity index (χ3v) is 6.87. The molecule has 2 aliphatic rings. The molecular weight excluding hydrogens is 328 g/mol. The molecule has 2 saturated carbocycles. The van der Waals surface area contributed by atoms with E-state index in [9.17, 15) is 9.59 Å². The van der Waals surface area contributed by atoms with Gasteiger partial charge in [-0.25, -0.2) is 10.4 Å². The van der Waals surface area contributed by atoms with E-state index in [4.69, 9.17) is 0 Å². The predicted octanol–water partition coefficient (Wildman–Crippen LogP) is 2.71. The summed E-state index contributed by atoms with van der Waals surface area (Å²) in [6.45, 7) is 6.77. The van der Waals surface area contributed by atoms with Gasteiger partial charge in [0.1, 0.15) is 6.54 Å². The van der Waals surface area contributed by atoms with Gasteiger partial charge in [-0.05, 0) is 42.7 Å². The summed E-state index contributed by atoms with van der Waals surface area (Å²) in [5.74, 6) is 0.330. The molecule has 0 unspecified atom stereocenters. The van der Waals surface area contributed by atoms with Gasteiger partial charge in [-0.2, -0.15) is 5.10 Å². The zero-order valence-corrected chi connectivity index (χ0v) is 15.5. The molecule has 0 saturated heterocycles. The highest BCUT2D eigenvalue weighted by Crippen LogP contribution is 2.63. The molecule has 2 aromatic rings. The Morgan fingerprint density at radius 3 is 2.81 bits per heavy atom. The van der Waals surface area contributed by atoms with Crippen molar-refractivity contribution >= 4 is 22.5 Å². The van der Waals surface area contributed by atoms with Crippen LogP contribution in [0.1, 0.15) is 40.0 Å². The number of rotatable bonds is 3. The molecule has 6 nitrogen and oxygen atoms in total. The number of hydrazone groups is 1. The minimum atomic E-state index is -0.305. The molecule has 4 rings (SSSR count). The smallest absolute Gasteiger partial charge is 0.261 e. The number of para-hydroxylation sites is 1. The summed E-state index contributed by atoms with van der Waals surface area (Å²) in [6, 6.07) is 7.13. The molecule has 2 bridgehead atoms. The topological polar surface area (TPSA) is 76.3 Å². The summed E-state index contributed by atoms with van der Waals surface area (Å²) < 4.78 is 1.32. The highest BCUT2D eigenvalue weighted by atomic mass is 16.2. The second kappa shape index (κ2) is 5.76. The van der Waals surface area contributed by atoms with Gasteiger partial charge < -0.3 is 0 Å². The second-order valence-electron chi connectivity index (χ2n) is 8.28. The van der Waals surface area contributed by atoms with Gasteiger partial charge >= 0.3 is 0 Å². The van der Waals surface area contributed by atoms with Crippen molar-refractivity contribution in [2.75, 3.05) is 0 Å². The molecule has 6 heteroatoms. The van der Waals surface area contributed by atoms with Crippen LogP contribution in [-0.4, -0.2) is 21.2 Å². The summed E-state index contributed by atoms with van der Waals surface area (Å²) in [7, 11) is 0. The van der Waals surface area contributed by atoms with E-state index >= 15 is 0 Å². The van der Waals surface area contributed by atoms with Gasteiger partial charge in [-0.15, -0.1) is 0 Å². The van der Waals surface area contributed by atoms with Gasteiger partial charge in [0.05, 0.1) is 17.2 Å². The second-order valence-corrected chi connectivity index (χ2v) is 8.28. The summed E-state index contributed by atoms with van der Waals surface area (Å²) in [4.78, 5) is 29.0. The number of amides is 1. The van der Waals surface area contributed by atoms with E-state index in [0.29, 0.717) is 16.8 Å². The van der Waals surface area contributed by atoms with E-state index in [1.807, 2.05) is 6.07 Å². The molecule has 1 amide bonds. The van der Waals surface area contributed by atoms with Crippen LogP contribution in [0, 0.1) is 16.7 Å². The number of benzene rings is 1. The van der Waals surface area contributed by atoms with Gasteiger partial charge in [0, 0.05) is 11.1 Å². The molecule has 0 aliphatic heterocycles. The Bertz CT molecular complexity index is 975. The predicted molar refractivity (Wildman–Crippen MR) is 101 cm³/mol. The first-order chi connectivity index (χ1) is 12.3. The lowest BCUT2D eigenvalue weighted by atomic mass is 9.70. The third-order valence-electron chi connectivity index (χ3n) is 6.87. The standard InChI is InChI=1S/C20H24N4O2/c1-19(2)13-8-9-20(19,3)16(10-13)22-23-17(25)11-24-12-21-15-7-5-4-6-14(15)18(24)26/h4-7,12-13H,8-11H2,1-3H3,(H,23,25)/b22-16+/t13-,20-/m0/s1. The number of nitrogens with one attached hydrogen (secondary N) is 1. The number of carbonyl (C=O) groups excluding carboxylic acids is 1. The number of fused-ring (bicyclic) bond motifs is 3. The van der Waals surface area contributed by atoms with Crippen molar-refractivity contribution in [3.05, 3.63) is 40.9 Å². The van der Waals surface area contributed by atoms with Crippen LogP contribution in [0.2, 0.25) is 0 Å². The molecule has 0 spiro atoms. The van der Waals surface area contributed by atoms with Crippen molar-refractivity contribution in [1.82, 2.24) is 15.0 Å². The highest BCUT2D eigenvalue weighted by molar-refractivity contribution is 5.95. The first-order valence-corrected chi connectivity index (χ1v) is 9.13. The lowest BCUT2D eigenvalue weighted by molar-refractivity contribution is -0.121. The molecule has 1 aromatic carbocycles. The average molecular weight is 352 g/mol. The minimum Gasteiger partial charge on any atom is -0.289 e. The van der Waals surface area contributed by atoms with Gasteiger partial charge in [0.15, 0.2) is 0 Å². The van der Waals surface area contributed by atoms with Crippen LogP contribution < -0.4 is 11.0 Å². The molecule has 1 aromatic heterocycles. The van der Waals surface area contributed by atoms with E-state index in [1.54, 1.807) is 18.2 Å². The third kappa shape index (κ3) is 2.39. The van der Waals surface area contributed by atoms with E-state index in [2.05, 4.69) is 36.3 Å². The van der Waals surface area contributed by atoms with Crippen LogP contribution in [0.3, 0.4) is 0 Å². The Labute approximate surface area is 152 Å². The van der Waals surface area contributed by atoms with Crippen LogP contribution in [0.15, 0.2) is 40.5 Å². The van der Waals surface area contributed by atoms with E-state index in [-0.39, 0.29) is 28.8 Å². The maximum absolute atomic E-state index is 12.5. The summed E-state index contributed by atoms with van der Waals surface area (Å²) in [5.41, 5.74) is 4.42. The molecule has 2 fully saturated rings. The normalized spacial score (nSPS) is 28.0. The summed E-state index contributed by atoms with van der Waals surface area (Å²) in [5, 5.41) is 4.95. The minimum absolute atomic E-state index is 0.0479. The number of nitrogens with zero attached hydrogens (tertiary/aromatic N) is 3. The van der Waals surface area contributed by atoms with E-state index in [1.165, 1.54) is 17.3 Å². The fraction of sp³-hybridized carbons (Fsp3) is 0.500. The largest absolute Gasteiger partial charge is 0.289 e. The molecule has 1 heterocycles. The molecule has 2 atom stereocenters. The Kier molecular flexibility index (Phi) is 3.75. The Balaban J connectivity index is 1.51.